The highest BCUT2D eigenvalue weighted by atomic mass is 19.1. The van der Waals surface area contributed by atoms with Gasteiger partial charge >= 0.3 is 0 Å². The van der Waals surface area contributed by atoms with Gasteiger partial charge in [-0.3, -0.25) is 9.69 Å². The third kappa shape index (κ3) is 3.29. The van der Waals surface area contributed by atoms with E-state index in [4.69, 9.17) is 0 Å². The number of hydrogen-bond acceptors (Lipinski definition) is 3. The number of aromatic amines is 2. The fourth-order valence-electron chi connectivity index (χ4n) is 3.99. The minimum atomic E-state index is -0.208. The third-order valence-electron chi connectivity index (χ3n) is 5.31. The number of aryl methyl sites for hydroxylation is 2. The molecule has 1 fully saturated rings. The van der Waals surface area contributed by atoms with Crippen molar-refractivity contribution in [1.29, 1.82) is 0 Å². The number of fused-ring (bicyclic) bond motifs is 1. The maximum Gasteiger partial charge on any atom is 0.251 e. The smallest absolute Gasteiger partial charge is 0.251 e. The van der Waals surface area contributed by atoms with Crippen molar-refractivity contribution in [1.82, 2.24) is 19.9 Å². The Hall–Kier alpha value is -2.47. The maximum absolute atomic E-state index is 13.5. The van der Waals surface area contributed by atoms with Gasteiger partial charge in [0.25, 0.3) is 5.56 Å². The van der Waals surface area contributed by atoms with Crippen LogP contribution in [0.3, 0.4) is 0 Å². The van der Waals surface area contributed by atoms with Crippen LogP contribution in [0.4, 0.5) is 4.39 Å². The summed E-state index contributed by atoms with van der Waals surface area (Å²) in [6.07, 6.45) is 2.12. The van der Waals surface area contributed by atoms with Gasteiger partial charge in [0.2, 0.25) is 0 Å². The van der Waals surface area contributed by atoms with Gasteiger partial charge in [0.1, 0.15) is 11.6 Å². The highest BCUT2D eigenvalue weighted by Gasteiger charge is 2.24. The standard InChI is InChI=1S/C20H23FN4O/c1-12-16-8-15(21)5-6-17(16)24-19(12)11-25-7-3-4-14(10-25)18-9-20(26)23-13(2)22-18/h5-6,8-9,14,24H,3-4,7,10-11H2,1-2H3,(H,22,23,26). The van der Waals surface area contributed by atoms with E-state index >= 15 is 0 Å². The molecule has 0 radical (unpaired) electrons. The van der Waals surface area contributed by atoms with Crippen molar-refractivity contribution in [2.45, 2.75) is 39.2 Å². The molecule has 1 unspecified atom stereocenters. The van der Waals surface area contributed by atoms with Crippen molar-refractivity contribution >= 4 is 10.9 Å². The number of halogens is 1. The summed E-state index contributed by atoms with van der Waals surface area (Å²) in [6, 6.07) is 6.49. The van der Waals surface area contributed by atoms with Crippen molar-refractivity contribution in [3.8, 4) is 0 Å². The van der Waals surface area contributed by atoms with Crippen LogP contribution < -0.4 is 5.56 Å². The monoisotopic (exact) mass is 354 g/mol. The summed E-state index contributed by atoms with van der Waals surface area (Å²) in [4.78, 5) is 24.8. The van der Waals surface area contributed by atoms with E-state index in [9.17, 15) is 9.18 Å². The van der Waals surface area contributed by atoms with E-state index in [1.807, 2.05) is 13.8 Å². The lowest BCUT2D eigenvalue weighted by Crippen LogP contribution is -2.35. The van der Waals surface area contributed by atoms with E-state index in [0.29, 0.717) is 5.82 Å². The molecular weight excluding hydrogens is 331 g/mol. The number of rotatable bonds is 3. The van der Waals surface area contributed by atoms with Gasteiger partial charge in [0.15, 0.2) is 0 Å². The fourth-order valence-corrected chi connectivity index (χ4v) is 3.99. The molecule has 1 atom stereocenters. The van der Waals surface area contributed by atoms with E-state index in [1.54, 1.807) is 18.2 Å². The average Bonchev–Trinajstić information content (AvgIpc) is 2.90. The number of H-pyrrole nitrogens is 2. The van der Waals surface area contributed by atoms with Gasteiger partial charge in [-0.05, 0) is 57.0 Å². The van der Waals surface area contributed by atoms with Gasteiger partial charge in [-0.2, -0.15) is 0 Å². The van der Waals surface area contributed by atoms with Crippen molar-refractivity contribution in [2.24, 2.45) is 0 Å². The lowest BCUT2D eigenvalue weighted by atomic mass is 9.94. The molecule has 136 valence electrons. The molecule has 2 N–H and O–H groups in total. The Morgan fingerprint density at radius 3 is 2.92 bits per heavy atom. The zero-order chi connectivity index (χ0) is 18.3. The van der Waals surface area contributed by atoms with Gasteiger partial charge in [0.05, 0.1) is 5.69 Å². The first-order valence-corrected chi connectivity index (χ1v) is 9.06. The van der Waals surface area contributed by atoms with Crippen LogP contribution in [0, 0.1) is 19.7 Å². The summed E-state index contributed by atoms with van der Waals surface area (Å²) in [5.74, 6) is 0.727. The zero-order valence-corrected chi connectivity index (χ0v) is 15.1. The summed E-state index contributed by atoms with van der Waals surface area (Å²) in [5.41, 5.74) is 4.00. The molecule has 3 heterocycles. The summed E-state index contributed by atoms with van der Waals surface area (Å²) < 4.78 is 13.5. The van der Waals surface area contributed by atoms with Gasteiger partial charge < -0.3 is 9.97 Å². The second kappa shape index (κ2) is 6.68. The molecule has 3 aromatic rings. The molecule has 0 amide bonds. The number of benzene rings is 1. The zero-order valence-electron chi connectivity index (χ0n) is 15.1. The Kier molecular flexibility index (Phi) is 4.36. The molecule has 0 aliphatic carbocycles. The highest BCUT2D eigenvalue weighted by Crippen LogP contribution is 2.28. The van der Waals surface area contributed by atoms with Crippen molar-refractivity contribution in [3.63, 3.8) is 0 Å². The number of nitrogens with zero attached hydrogens (tertiary/aromatic N) is 2. The molecule has 0 saturated carbocycles. The first-order valence-electron chi connectivity index (χ1n) is 9.06. The molecule has 0 bridgehead atoms. The number of aromatic nitrogens is 3. The second-order valence-electron chi connectivity index (χ2n) is 7.25. The van der Waals surface area contributed by atoms with Crippen LogP contribution in [0.5, 0.6) is 0 Å². The van der Waals surface area contributed by atoms with Gasteiger partial charge in [-0.15, -0.1) is 0 Å². The lowest BCUT2D eigenvalue weighted by Gasteiger charge is -2.32. The molecule has 4 rings (SSSR count). The Morgan fingerprint density at radius 2 is 2.12 bits per heavy atom. The van der Waals surface area contributed by atoms with Crippen molar-refractivity contribution in [2.75, 3.05) is 13.1 Å². The van der Waals surface area contributed by atoms with Crippen LogP contribution >= 0.6 is 0 Å². The summed E-state index contributed by atoms with van der Waals surface area (Å²) >= 11 is 0. The predicted molar refractivity (Wildman–Crippen MR) is 99.8 cm³/mol. The first-order chi connectivity index (χ1) is 12.5. The summed E-state index contributed by atoms with van der Waals surface area (Å²) in [7, 11) is 0. The molecule has 0 spiro atoms. The van der Waals surface area contributed by atoms with Crippen molar-refractivity contribution in [3.05, 3.63) is 63.2 Å². The average molecular weight is 354 g/mol. The van der Waals surface area contributed by atoms with Crippen LogP contribution in [-0.2, 0) is 6.54 Å². The van der Waals surface area contributed by atoms with E-state index < -0.39 is 0 Å². The second-order valence-corrected chi connectivity index (χ2v) is 7.25. The molecule has 6 heteroatoms. The molecule has 1 aliphatic rings. The van der Waals surface area contributed by atoms with Gasteiger partial charge in [-0.1, -0.05) is 0 Å². The molecule has 1 aromatic carbocycles. The first kappa shape index (κ1) is 17.0. The minimum absolute atomic E-state index is 0.0851. The fraction of sp³-hybridized carbons (Fsp3) is 0.400. The van der Waals surface area contributed by atoms with E-state index in [-0.39, 0.29) is 17.3 Å². The quantitative estimate of drug-likeness (QED) is 0.758. The molecule has 1 saturated heterocycles. The summed E-state index contributed by atoms with van der Waals surface area (Å²) in [6.45, 7) is 6.54. The van der Waals surface area contributed by atoms with Gasteiger partial charge in [0, 0.05) is 41.7 Å². The van der Waals surface area contributed by atoms with Crippen LogP contribution in [-0.4, -0.2) is 32.9 Å². The lowest BCUT2D eigenvalue weighted by molar-refractivity contribution is 0.196. The molecule has 26 heavy (non-hydrogen) atoms. The molecule has 2 aromatic heterocycles. The topological polar surface area (TPSA) is 64.8 Å². The Balaban J connectivity index is 1.55. The van der Waals surface area contributed by atoms with Crippen molar-refractivity contribution < 1.29 is 4.39 Å². The van der Waals surface area contributed by atoms with Crippen LogP contribution in [0.15, 0.2) is 29.1 Å². The van der Waals surface area contributed by atoms with Crippen LogP contribution in [0.2, 0.25) is 0 Å². The number of likely N-dealkylation sites (tertiary alicyclic amines) is 1. The van der Waals surface area contributed by atoms with E-state index in [0.717, 1.165) is 60.3 Å². The largest absolute Gasteiger partial charge is 0.357 e. The molecule has 1 aliphatic heterocycles. The third-order valence-corrected chi connectivity index (χ3v) is 5.31. The highest BCUT2D eigenvalue weighted by molar-refractivity contribution is 5.84. The Labute approximate surface area is 151 Å². The Bertz CT molecular complexity index is 1010. The number of hydrogen-bond donors (Lipinski definition) is 2. The summed E-state index contributed by atoms with van der Waals surface area (Å²) in [5, 5.41) is 0.945. The Morgan fingerprint density at radius 1 is 1.27 bits per heavy atom. The SMILES string of the molecule is Cc1nc(C2CCCN(Cc3[nH]c4ccc(F)cc4c3C)C2)cc(=O)[nH]1. The maximum atomic E-state index is 13.5. The number of nitrogens with one attached hydrogen (secondary N) is 2. The van der Waals surface area contributed by atoms with E-state index in [1.165, 1.54) is 6.07 Å². The predicted octanol–water partition coefficient (Wildman–Crippen LogP) is 3.39. The normalized spacial score (nSPS) is 18.5. The molecule has 5 nitrogen and oxygen atoms in total. The number of piperidine rings is 1. The van der Waals surface area contributed by atoms with Crippen LogP contribution in [0.1, 0.15) is 41.5 Å². The molecular formula is C20H23FN4O. The van der Waals surface area contributed by atoms with Crippen LogP contribution in [0.25, 0.3) is 10.9 Å². The minimum Gasteiger partial charge on any atom is -0.357 e. The van der Waals surface area contributed by atoms with E-state index in [2.05, 4.69) is 19.9 Å². The van der Waals surface area contributed by atoms with Gasteiger partial charge in [-0.25, -0.2) is 9.37 Å².